The molecule has 1 aromatic heterocycles. The number of rotatable bonds is 3. The lowest BCUT2D eigenvalue weighted by atomic mass is 10.2. The zero-order valence-corrected chi connectivity index (χ0v) is 10.7. The maximum Gasteiger partial charge on any atom is 0.258 e. The highest BCUT2D eigenvalue weighted by Crippen LogP contribution is 2.27. The number of pyridine rings is 1. The summed E-state index contributed by atoms with van der Waals surface area (Å²) in [6, 6.07) is 6.05. The van der Waals surface area contributed by atoms with Gasteiger partial charge in [0.15, 0.2) is 5.82 Å². The molecule has 0 bridgehead atoms. The molecule has 98 valence electrons. The molecule has 0 radical (unpaired) electrons. The topological polar surface area (TPSA) is 51.2 Å². The number of aromatic nitrogens is 1. The Kier molecular flexibility index (Phi) is 3.97. The Morgan fingerprint density at radius 1 is 1.42 bits per heavy atom. The van der Waals surface area contributed by atoms with Crippen molar-refractivity contribution in [3.63, 3.8) is 0 Å². The number of ether oxygens (including phenoxy) is 1. The molecular formula is C13H10ClFN2O2. The predicted molar refractivity (Wildman–Crippen MR) is 70.2 cm³/mol. The van der Waals surface area contributed by atoms with E-state index in [0.717, 1.165) is 6.20 Å². The van der Waals surface area contributed by atoms with E-state index in [1.54, 1.807) is 12.1 Å². The highest BCUT2D eigenvalue weighted by Gasteiger charge is 2.12. The van der Waals surface area contributed by atoms with E-state index < -0.39 is 11.7 Å². The van der Waals surface area contributed by atoms with E-state index in [1.807, 2.05) is 0 Å². The standard InChI is InChI=1S/C13H10ClFN2O2/c1-19-12-3-2-8(6-10(12)14)17-13(18)9-4-5-16-7-11(9)15/h2-7H,1H3,(H,17,18). The molecule has 2 aromatic rings. The van der Waals surface area contributed by atoms with Crippen LogP contribution in [-0.4, -0.2) is 18.0 Å². The van der Waals surface area contributed by atoms with Gasteiger partial charge in [-0.3, -0.25) is 9.78 Å². The van der Waals surface area contributed by atoms with Crippen LogP contribution in [0.15, 0.2) is 36.7 Å². The van der Waals surface area contributed by atoms with E-state index in [-0.39, 0.29) is 5.56 Å². The van der Waals surface area contributed by atoms with Crippen LogP contribution in [0.25, 0.3) is 0 Å². The molecule has 4 nitrogen and oxygen atoms in total. The van der Waals surface area contributed by atoms with Crippen molar-refractivity contribution in [1.29, 1.82) is 0 Å². The van der Waals surface area contributed by atoms with Crippen LogP contribution in [0.3, 0.4) is 0 Å². The first kappa shape index (κ1) is 13.3. The Hall–Kier alpha value is -2.14. The van der Waals surface area contributed by atoms with Gasteiger partial charge in [0.05, 0.1) is 23.9 Å². The maximum absolute atomic E-state index is 13.4. The monoisotopic (exact) mass is 280 g/mol. The fourth-order valence-corrected chi connectivity index (χ4v) is 1.76. The maximum atomic E-state index is 13.4. The number of halogens is 2. The highest BCUT2D eigenvalue weighted by molar-refractivity contribution is 6.32. The molecule has 0 saturated heterocycles. The largest absolute Gasteiger partial charge is 0.495 e. The van der Waals surface area contributed by atoms with Gasteiger partial charge in [0, 0.05) is 11.9 Å². The normalized spacial score (nSPS) is 10.1. The molecule has 0 unspecified atom stereocenters. The molecule has 1 heterocycles. The molecule has 0 atom stereocenters. The number of nitrogens with one attached hydrogen (secondary N) is 1. The molecule has 1 amide bonds. The lowest BCUT2D eigenvalue weighted by Gasteiger charge is -2.08. The van der Waals surface area contributed by atoms with Crippen LogP contribution >= 0.6 is 11.6 Å². The lowest BCUT2D eigenvalue weighted by Crippen LogP contribution is -2.13. The first-order valence-electron chi connectivity index (χ1n) is 5.36. The van der Waals surface area contributed by atoms with E-state index in [4.69, 9.17) is 16.3 Å². The fraction of sp³-hybridized carbons (Fsp3) is 0.0769. The molecule has 1 aromatic carbocycles. The molecular weight excluding hydrogens is 271 g/mol. The van der Waals surface area contributed by atoms with Crippen molar-refractivity contribution >= 4 is 23.2 Å². The SMILES string of the molecule is COc1ccc(NC(=O)c2ccncc2F)cc1Cl. The Labute approximate surface area is 114 Å². The second-order valence-electron chi connectivity index (χ2n) is 3.66. The van der Waals surface area contributed by atoms with Crippen molar-refractivity contribution in [3.8, 4) is 5.75 Å². The van der Waals surface area contributed by atoms with Gasteiger partial charge in [-0.15, -0.1) is 0 Å². The number of nitrogens with zero attached hydrogens (tertiary/aromatic N) is 1. The van der Waals surface area contributed by atoms with Crippen molar-refractivity contribution in [3.05, 3.63) is 53.1 Å². The third kappa shape index (κ3) is 3.00. The summed E-state index contributed by atoms with van der Waals surface area (Å²) in [6.07, 6.45) is 2.33. The quantitative estimate of drug-likeness (QED) is 0.940. The van der Waals surface area contributed by atoms with E-state index in [1.165, 1.54) is 25.4 Å². The molecule has 0 saturated carbocycles. The van der Waals surface area contributed by atoms with E-state index in [9.17, 15) is 9.18 Å². The molecule has 0 aliphatic carbocycles. The van der Waals surface area contributed by atoms with Crippen LogP contribution < -0.4 is 10.1 Å². The van der Waals surface area contributed by atoms with E-state index in [2.05, 4.69) is 10.3 Å². The molecule has 0 aliphatic rings. The van der Waals surface area contributed by atoms with Crippen molar-refractivity contribution in [2.24, 2.45) is 0 Å². The summed E-state index contributed by atoms with van der Waals surface area (Å²) in [7, 11) is 1.49. The zero-order valence-electron chi connectivity index (χ0n) is 9.98. The Bertz CT molecular complexity index is 619. The second kappa shape index (κ2) is 5.67. The molecule has 0 spiro atoms. The third-order valence-electron chi connectivity index (χ3n) is 2.43. The van der Waals surface area contributed by atoms with Crippen LogP contribution in [0.4, 0.5) is 10.1 Å². The minimum atomic E-state index is -0.681. The molecule has 1 N–H and O–H groups in total. The number of hydrogen-bond donors (Lipinski definition) is 1. The Balaban J connectivity index is 2.20. The molecule has 19 heavy (non-hydrogen) atoms. The fourth-order valence-electron chi connectivity index (χ4n) is 1.50. The number of carbonyl (C=O) groups excluding carboxylic acids is 1. The van der Waals surface area contributed by atoms with Gasteiger partial charge in [0.2, 0.25) is 0 Å². The molecule has 0 aliphatic heterocycles. The molecule has 0 fully saturated rings. The summed E-state index contributed by atoms with van der Waals surface area (Å²) >= 11 is 5.93. The number of carbonyl (C=O) groups is 1. The number of benzene rings is 1. The van der Waals surface area contributed by atoms with E-state index >= 15 is 0 Å². The van der Waals surface area contributed by atoms with Crippen molar-refractivity contribution < 1.29 is 13.9 Å². The average molecular weight is 281 g/mol. The van der Waals surface area contributed by atoms with Crippen molar-refractivity contribution in [2.45, 2.75) is 0 Å². The van der Waals surface area contributed by atoms with Gasteiger partial charge in [-0.25, -0.2) is 4.39 Å². The summed E-state index contributed by atoms with van der Waals surface area (Å²) in [5.41, 5.74) is 0.369. The Morgan fingerprint density at radius 2 is 2.21 bits per heavy atom. The van der Waals surface area contributed by atoms with Gasteiger partial charge < -0.3 is 10.1 Å². The third-order valence-corrected chi connectivity index (χ3v) is 2.72. The summed E-state index contributed by atoms with van der Waals surface area (Å²) in [6.45, 7) is 0. The first-order chi connectivity index (χ1) is 9.11. The highest BCUT2D eigenvalue weighted by atomic mass is 35.5. The van der Waals surface area contributed by atoms with Gasteiger partial charge in [-0.1, -0.05) is 11.6 Å². The number of hydrogen-bond acceptors (Lipinski definition) is 3. The average Bonchev–Trinajstić information content (AvgIpc) is 2.39. The molecule has 6 heteroatoms. The van der Waals surface area contributed by atoms with Crippen molar-refractivity contribution in [2.75, 3.05) is 12.4 Å². The van der Waals surface area contributed by atoms with E-state index in [0.29, 0.717) is 16.5 Å². The van der Waals surface area contributed by atoms with Gasteiger partial charge in [-0.05, 0) is 24.3 Å². The zero-order chi connectivity index (χ0) is 13.8. The number of amides is 1. The van der Waals surface area contributed by atoms with Crippen LogP contribution in [0, 0.1) is 5.82 Å². The Morgan fingerprint density at radius 3 is 2.84 bits per heavy atom. The van der Waals surface area contributed by atoms with Crippen LogP contribution in [0.5, 0.6) is 5.75 Å². The smallest absolute Gasteiger partial charge is 0.258 e. The number of methoxy groups -OCH3 is 1. The lowest BCUT2D eigenvalue weighted by molar-refractivity contribution is 0.102. The summed E-state index contributed by atoms with van der Waals surface area (Å²) in [5, 5.41) is 2.90. The predicted octanol–water partition coefficient (Wildman–Crippen LogP) is 3.14. The summed E-state index contributed by atoms with van der Waals surface area (Å²) in [5.74, 6) is -0.754. The van der Waals surface area contributed by atoms with Gasteiger partial charge >= 0.3 is 0 Å². The van der Waals surface area contributed by atoms with Crippen LogP contribution in [0.1, 0.15) is 10.4 Å². The summed E-state index contributed by atoms with van der Waals surface area (Å²) in [4.78, 5) is 15.4. The number of anilines is 1. The minimum Gasteiger partial charge on any atom is -0.495 e. The van der Waals surface area contributed by atoms with Gasteiger partial charge in [0.1, 0.15) is 5.75 Å². The van der Waals surface area contributed by atoms with Gasteiger partial charge in [-0.2, -0.15) is 0 Å². The first-order valence-corrected chi connectivity index (χ1v) is 5.74. The summed E-state index contributed by atoms with van der Waals surface area (Å²) < 4.78 is 18.4. The van der Waals surface area contributed by atoms with Crippen LogP contribution in [0.2, 0.25) is 5.02 Å². The van der Waals surface area contributed by atoms with Crippen LogP contribution in [-0.2, 0) is 0 Å². The minimum absolute atomic E-state index is 0.0815. The van der Waals surface area contributed by atoms with Crippen molar-refractivity contribution in [1.82, 2.24) is 4.98 Å². The molecule has 2 rings (SSSR count). The second-order valence-corrected chi connectivity index (χ2v) is 4.07. The van der Waals surface area contributed by atoms with Gasteiger partial charge in [0.25, 0.3) is 5.91 Å².